The highest BCUT2D eigenvalue weighted by atomic mass is 79.9. The van der Waals surface area contributed by atoms with Crippen LogP contribution in [0.3, 0.4) is 0 Å². The van der Waals surface area contributed by atoms with Crippen molar-refractivity contribution >= 4 is 15.9 Å². The number of nitriles is 1. The number of halogens is 1. The molecule has 0 unspecified atom stereocenters. The molecule has 19 heavy (non-hydrogen) atoms. The lowest BCUT2D eigenvalue weighted by molar-refractivity contribution is 0.303. The number of hydrogen-bond acceptors (Lipinski definition) is 4. The fourth-order valence-corrected chi connectivity index (χ4v) is 1.98. The minimum absolute atomic E-state index is 0.377. The van der Waals surface area contributed by atoms with Gasteiger partial charge in [-0.2, -0.15) is 5.26 Å². The largest absolute Gasteiger partial charge is 0.497 e. The SMILES string of the molecule is COc1ccc(OCc2ccnc(C#N)c2)c(Br)c1. The lowest BCUT2D eigenvalue weighted by atomic mass is 10.2. The monoisotopic (exact) mass is 318 g/mol. The van der Waals surface area contributed by atoms with Crippen LogP contribution >= 0.6 is 15.9 Å². The Bertz CT molecular complexity index is 623. The van der Waals surface area contributed by atoms with Crippen molar-refractivity contribution in [3.8, 4) is 17.6 Å². The molecule has 1 aromatic heterocycles. The third-order valence-corrected chi connectivity index (χ3v) is 3.09. The lowest BCUT2D eigenvalue weighted by Crippen LogP contribution is -1.97. The van der Waals surface area contributed by atoms with Gasteiger partial charge in [-0.3, -0.25) is 0 Å². The molecule has 0 amide bonds. The maximum atomic E-state index is 8.77. The highest BCUT2D eigenvalue weighted by Gasteiger charge is 2.04. The Kier molecular flexibility index (Phi) is 4.37. The van der Waals surface area contributed by atoms with Gasteiger partial charge in [-0.15, -0.1) is 0 Å². The summed E-state index contributed by atoms with van der Waals surface area (Å²) in [5.74, 6) is 1.48. The summed E-state index contributed by atoms with van der Waals surface area (Å²) in [4.78, 5) is 3.91. The van der Waals surface area contributed by atoms with E-state index in [-0.39, 0.29) is 0 Å². The Hall–Kier alpha value is -2.06. The van der Waals surface area contributed by atoms with E-state index in [0.717, 1.165) is 21.5 Å². The molecular weight excluding hydrogens is 308 g/mol. The summed E-state index contributed by atoms with van der Waals surface area (Å²) < 4.78 is 11.6. The quantitative estimate of drug-likeness (QED) is 0.867. The average molecular weight is 319 g/mol. The fraction of sp³-hybridized carbons (Fsp3) is 0.143. The molecule has 96 valence electrons. The van der Waals surface area contributed by atoms with Gasteiger partial charge < -0.3 is 9.47 Å². The molecule has 1 aromatic carbocycles. The van der Waals surface area contributed by atoms with Gasteiger partial charge in [0.15, 0.2) is 0 Å². The first-order chi connectivity index (χ1) is 9.22. The van der Waals surface area contributed by atoms with Gasteiger partial charge >= 0.3 is 0 Å². The number of pyridine rings is 1. The van der Waals surface area contributed by atoms with Gasteiger partial charge in [0, 0.05) is 6.20 Å². The van der Waals surface area contributed by atoms with E-state index in [1.54, 1.807) is 19.4 Å². The summed E-state index contributed by atoms with van der Waals surface area (Å²) in [5, 5.41) is 8.77. The van der Waals surface area contributed by atoms with E-state index in [9.17, 15) is 0 Å². The van der Waals surface area contributed by atoms with Gasteiger partial charge in [-0.25, -0.2) is 4.98 Å². The normalized spacial score (nSPS) is 9.74. The molecule has 4 nitrogen and oxygen atoms in total. The summed E-state index contributed by atoms with van der Waals surface area (Å²) in [6, 6.07) is 11.0. The van der Waals surface area contributed by atoms with Gasteiger partial charge in [-0.1, -0.05) is 0 Å². The van der Waals surface area contributed by atoms with E-state index in [4.69, 9.17) is 14.7 Å². The van der Waals surface area contributed by atoms with Crippen LogP contribution in [0.15, 0.2) is 41.0 Å². The van der Waals surface area contributed by atoms with Crippen molar-refractivity contribution in [3.63, 3.8) is 0 Å². The first kappa shape index (κ1) is 13.4. The fourth-order valence-electron chi connectivity index (χ4n) is 1.51. The second kappa shape index (κ2) is 6.21. The Balaban J connectivity index is 2.08. The Morgan fingerprint density at radius 1 is 1.32 bits per heavy atom. The molecule has 0 atom stereocenters. The molecule has 0 aliphatic carbocycles. The van der Waals surface area contributed by atoms with Crippen molar-refractivity contribution < 1.29 is 9.47 Å². The maximum absolute atomic E-state index is 8.77. The van der Waals surface area contributed by atoms with E-state index in [2.05, 4.69) is 20.9 Å². The van der Waals surface area contributed by atoms with Crippen LogP contribution in [0.1, 0.15) is 11.3 Å². The number of methoxy groups -OCH3 is 1. The number of hydrogen-bond donors (Lipinski definition) is 0. The average Bonchev–Trinajstić information content (AvgIpc) is 2.46. The van der Waals surface area contributed by atoms with Crippen LogP contribution in [-0.2, 0) is 6.61 Å². The molecule has 0 spiro atoms. The Morgan fingerprint density at radius 3 is 2.84 bits per heavy atom. The number of benzene rings is 1. The van der Waals surface area contributed by atoms with Crippen LogP contribution in [0.5, 0.6) is 11.5 Å². The van der Waals surface area contributed by atoms with E-state index in [0.29, 0.717) is 12.3 Å². The van der Waals surface area contributed by atoms with Crippen molar-refractivity contribution in [2.75, 3.05) is 7.11 Å². The van der Waals surface area contributed by atoms with Crippen LogP contribution in [-0.4, -0.2) is 12.1 Å². The molecule has 0 saturated carbocycles. The van der Waals surface area contributed by atoms with E-state index >= 15 is 0 Å². The van der Waals surface area contributed by atoms with Crippen molar-refractivity contribution in [2.45, 2.75) is 6.61 Å². The Labute approximate surface area is 119 Å². The van der Waals surface area contributed by atoms with Crippen LogP contribution < -0.4 is 9.47 Å². The van der Waals surface area contributed by atoms with E-state index < -0.39 is 0 Å². The Morgan fingerprint density at radius 2 is 2.16 bits per heavy atom. The van der Waals surface area contributed by atoms with Gasteiger partial charge in [-0.05, 0) is 51.8 Å². The molecule has 0 saturated heterocycles. The van der Waals surface area contributed by atoms with Crippen LogP contribution in [0.4, 0.5) is 0 Å². The van der Waals surface area contributed by atoms with Crippen molar-refractivity contribution in [1.82, 2.24) is 4.98 Å². The molecule has 5 heteroatoms. The zero-order valence-corrected chi connectivity index (χ0v) is 11.8. The first-order valence-corrected chi connectivity index (χ1v) is 6.33. The zero-order valence-electron chi connectivity index (χ0n) is 10.3. The van der Waals surface area contributed by atoms with Crippen molar-refractivity contribution in [1.29, 1.82) is 5.26 Å². The predicted octanol–water partition coefficient (Wildman–Crippen LogP) is 3.30. The molecule has 0 bridgehead atoms. The second-order valence-corrected chi connectivity index (χ2v) is 4.60. The third kappa shape index (κ3) is 3.46. The summed E-state index contributed by atoms with van der Waals surface area (Å²) >= 11 is 3.42. The van der Waals surface area contributed by atoms with E-state index in [1.165, 1.54) is 0 Å². The number of ether oxygens (including phenoxy) is 2. The standard InChI is InChI=1S/C14H11BrN2O2/c1-18-12-2-3-14(13(15)7-12)19-9-10-4-5-17-11(6-10)8-16/h2-7H,9H2,1H3. The minimum Gasteiger partial charge on any atom is -0.497 e. The molecule has 0 aliphatic heterocycles. The number of aromatic nitrogens is 1. The van der Waals surface area contributed by atoms with Crippen LogP contribution in [0.25, 0.3) is 0 Å². The highest BCUT2D eigenvalue weighted by molar-refractivity contribution is 9.10. The van der Waals surface area contributed by atoms with Gasteiger partial charge in [0.1, 0.15) is 29.9 Å². The molecule has 2 rings (SSSR count). The lowest BCUT2D eigenvalue weighted by Gasteiger charge is -2.09. The van der Waals surface area contributed by atoms with Gasteiger partial charge in [0.25, 0.3) is 0 Å². The van der Waals surface area contributed by atoms with Crippen LogP contribution in [0.2, 0.25) is 0 Å². The summed E-state index contributed by atoms with van der Waals surface area (Å²) in [6.45, 7) is 0.377. The first-order valence-electron chi connectivity index (χ1n) is 5.54. The highest BCUT2D eigenvalue weighted by Crippen LogP contribution is 2.29. The molecule has 0 aliphatic rings. The summed E-state index contributed by atoms with van der Waals surface area (Å²) in [5.41, 5.74) is 1.28. The second-order valence-electron chi connectivity index (χ2n) is 3.75. The zero-order chi connectivity index (χ0) is 13.7. The molecule has 0 radical (unpaired) electrons. The maximum Gasteiger partial charge on any atom is 0.140 e. The molecule has 2 aromatic rings. The minimum atomic E-state index is 0.377. The smallest absolute Gasteiger partial charge is 0.140 e. The third-order valence-electron chi connectivity index (χ3n) is 2.47. The number of rotatable bonds is 4. The van der Waals surface area contributed by atoms with Crippen molar-refractivity contribution in [2.24, 2.45) is 0 Å². The van der Waals surface area contributed by atoms with Crippen LogP contribution in [0, 0.1) is 11.3 Å². The number of nitrogens with zero attached hydrogens (tertiary/aromatic N) is 2. The van der Waals surface area contributed by atoms with E-state index in [1.807, 2.05) is 30.3 Å². The van der Waals surface area contributed by atoms with Crippen molar-refractivity contribution in [3.05, 3.63) is 52.3 Å². The topological polar surface area (TPSA) is 55.1 Å². The van der Waals surface area contributed by atoms with Gasteiger partial charge in [0.2, 0.25) is 0 Å². The predicted molar refractivity (Wildman–Crippen MR) is 74.0 cm³/mol. The summed E-state index contributed by atoms with van der Waals surface area (Å²) in [6.07, 6.45) is 1.60. The van der Waals surface area contributed by atoms with Gasteiger partial charge in [0.05, 0.1) is 11.6 Å². The molecule has 0 N–H and O–H groups in total. The molecule has 0 fully saturated rings. The molecular formula is C14H11BrN2O2. The molecule has 1 heterocycles. The summed E-state index contributed by atoms with van der Waals surface area (Å²) in [7, 11) is 1.61.